The Bertz CT molecular complexity index is 1360. The summed E-state index contributed by atoms with van der Waals surface area (Å²) in [5.41, 5.74) is 5.16. The third-order valence-electron chi connectivity index (χ3n) is 8.63. The lowest BCUT2D eigenvalue weighted by molar-refractivity contribution is 0.131. The first-order valence-corrected chi connectivity index (χ1v) is 14.1. The highest BCUT2D eigenvalue weighted by Gasteiger charge is 2.39. The van der Waals surface area contributed by atoms with Gasteiger partial charge in [0.15, 0.2) is 0 Å². The predicted molar refractivity (Wildman–Crippen MR) is 160 cm³/mol. The molecule has 1 saturated heterocycles. The van der Waals surface area contributed by atoms with E-state index in [4.69, 9.17) is 0 Å². The number of aromatic hydroxyl groups is 1. The van der Waals surface area contributed by atoms with Gasteiger partial charge in [-0.2, -0.15) is 5.26 Å². The molecular formula is C36H38N2O. The van der Waals surface area contributed by atoms with E-state index in [0.717, 1.165) is 49.0 Å². The topological polar surface area (TPSA) is 47.3 Å². The highest BCUT2D eigenvalue weighted by molar-refractivity contribution is 5.64. The molecule has 0 bridgehead atoms. The van der Waals surface area contributed by atoms with Crippen molar-refractivity contribution < 1.29 is 5.11 Å². The average molecular weight is 515 g/mol. The maximum absolute atomic E-state index is 10.6. The molecular weight excluding hydrogens is 476 g/mol. The van der Waals surface area contributed by atoms with Crippen LogP contribution in [0, 0.1) is 17.2 Å². The van der Waals surface area contributed by atoms with Crippen molar-refractivity contribution in [3.8, 4) is 22.9 Å². The fourth-order valence-corrected chi connectivity index (χ4v) is 6.15. The van der Waals surface area contributed by atoms with E-state index >= 15 is 0 Å². The summed E-state index contributed by atoms with van der Waals surface area (Å²) in [6, 6.07) is 39.6. The van der Waals surface area contributed by atoms with Crippen LogP contribution in [0.1, 0.15) is 49.8 Å². The van der Waals surface area contributed by atoms with E-state index in [9.17, 15) is 10.4 Å². The minimum Gasteiger partial charge on any atom is -0.508 e. The van der Waals surface area contributed by atoms with Crippen molar-refractivity contribution in [2.75, 3.05) is 13.1 Å². The first kappa shape index (κ1) is 26.7. The van der Waals surface area contributed by atoms with Crippen molar-refractivity contribution in [3.63, 3.8) is 0 Å². The summed E-state index contributed by atoms with van der Waals surface area (Å²) in [5, 5.41) is 20.2. The SMILES string of the molecule is CC(C)(CCC(C#N)(c1ccccc1)c1ccccc1)N1CC[C@H](Cc2cccc(-c3ccc(O)cc3)c2)C1. The van der Waals surface area contributed by atoms with E-state index in [1.165, 1.54) is 17.5 Å². The Labute approximate surface area is 233 Å². The van der Waals surface area contributed by atoms with E-state index in [-0.39, 0.29) is 5.54 Å². The molecule has 3 nitrogen and oxygen atoms in total. The van der Waals surface area contributed by atoms with Crippen LogP contribution < -0.4 is 0 Å². The molecule has 0 amide bonds. The standard InChI is InChI=1S/C36H38N2O/c1-35(2,21-22-36(27-37,32-12-5-3-6-13-32)33-14-7-4-8-15-33)38-23-20-29(26-38)24-28-10-9-11-31(25-28)30-16-18-34(39)19-17-30/h3-19,25,29,39H,20-24,26H2,1-2H3/t29-/m1/s1. The summed E-state index contributed by atoms with van der Waals surface area (Å²) in [6.07, 6.45) is 3.97. The van der Waals surface area contributed by atoms with Gasteiger partial charge in [-0.15, -0.1) is 0 Å². The van der Waals surface area contributed by atoms with E-state index in [2.05, 4.69) is 73.3 Å². The second-order valence-electron chi connectivity index (χ2n) is 11.6. The Morgan fingerprint density at radius 1 is 0.795 bits per heavy atom. The normalized spacial score (nSPS) is 16.2. The molecule has 1 N–H and O–H groups in total. The second kappa shape index (κ2) is 11.5. The molecule has 1 atom stereocenters. The zero-order valence-electron chi connectivity index (χ0n) is 23.1. The van der Waals surface area contributed by atoms with Gasteiger partial charge >= 0.3 is 0 Å². The summed E-state index contributed by atoms with van der Waals surface area (Å²) in [4.78, 5) is 2.64. The molecule has 3 heteroatoms. The third kappa shape index (κ3) is 5.92. The van der Waals surface area contributed by atoms with Crippen LogP contribution in [-0.4, -0.2) is 28.6 Å². The fourth-order valence-electron chi connectivity index (χ4n) is 6.15. The molecule has 0 spiro atoms. The number of benzene rings is 4. The molecule has 1 fully saturated rings. The quantitative estimate of drug-likeness (QED) is 0.246. The minimum absolute atomic E-state index is 0.00566. The van der Waals surface area contributed by atoms with E-state index < -0.39 is 5.41 Å². The monoisotopic (exact) mass is 514 g/mol. The van der Waals surface area contributed by atoms with E-state index in [1.807, 2.05) is 48.5 Å². The summed E-state index contributed by atoms with van der Waals surface area (Å²) >= 11 is 0. The van der Waals surface area contributed by atoms with Crippen molar-refractivity contribution in [2.24, 2.45) is 5.92 Å². The Kier molecular flexibility index (Phi) is 7.87. The minimum atomic E-state index is -0.659. The van der Waals surface area contributed by atoms with Crippen molar-refractivity contribution in [2.45, 2.75) is 50.5 Å². The zero-order chi connectivity index (χ0) is 27.3. The van der Waals surface area contributed by atoms with Crippen LogP contribution in [0.2, 0.25) is 0 Å². The van der Waals surface area contributed by atoms with Crippen LogP contribution in [0.4, 0.5) is 0 Å². The van der Waals surface area contributed by atoms with E-state index in [0.29, 0.717) is 11.7 Å². The molecule has 0 aromatic heterocycles. The van der Waals surface area contributed by atoms with Crippen molar-refractivity contribution in [3.05, 3.63) is 126 Å². The summed E-state index contributed by atoms with van der Waals surface area (Å²) in [5.74, 6) is 0.909. The highest BCUT2D eigenvalue weighted by Crippen LogP contribution is 2.40. The van der Waals surface area contributed by atoms with Crippen LogP contribution >= 0.6 is 0 Å². The van der Waals surface area contributed by atoms with Crippen LogP contribution in [0.5, 0.6) is 5.75 Å². The maximum Gasteiger partial charge on any atom is 0.115 e. The molecule has 1 aliphatic heterocycles. The summed E-state index contributed by atoms with van der Waals surface area (Å²) in [7, 11) is 0. The number of nitrogens with zero attached hydrogens (tertiary/aromatic N) is 2. The van der Waals surface area contributed by atoms with Gasteiger partial charge in [0.05, 0.1) is 6.07 Å². The first-order valence-electron chi connectivity index (χ1n) is 14.1. The Balaban J connectivity index is 1.27. The van der Waals surface area contributed by atoms with Gasteiger partial charge in [-0.05, 0) is 91.9 Å². The van der Waals surface area contributed by atoms with E-state index in [1.54, 1.807) is 12.1 Å². The fraction of sp³-hybridized carbons (Fsp3) is 0.306. The molecule has 1 heterocycles. The van der Waals surface area contributed by atoms with Crippen LogP contribution in [0.3, 0.4) is 0 Å². The van der Waals surface area contributed by atoms with Crippen molar-refractivity contribution in [1.82, 2.24) is 4.90 Å². The second-order valence-corrected chi connectivity index (χ2v) is 11.6. The Morgan fingerprint density at radius 2 is 1.44 bits per heavy atom. The highest BCUT2D eigenvalue weighted by atomic mass is 16.3. The van der Waals surface area contributed by atoms with Gasteiger partial charge in [0, 0.05) is 12.1 Å². The number of phenolic OH excluding ortho intramolecular Hbond substituents is 1. The lowest BCUT2D eigenvalue weighted by Crippen LogP contribution is -2.44. The van der Waals surface area contributed by atoms with Gasteiger partial charge < -0.3 is 5.11 Å². The molecule has 1 aliphatic rings. The van der Waals surface area contributed by atoms with Gasteiger partial charge in [0.25, 0.3) is 0 Å². The number of phenols is 1. The Hall–Kier alpha value is -3.87. The van der Waals surface area contributed by atoms with Crippen LogP contribution in [0.15, 0.2) is 109 Å². The molecule has 198 valence electrons. The average Bonchev–Trinajstić information content (AvgIpc) is 3.45. The van der Waals surface area contributed by atoms with Crippen molar-refractivity contribution >= 4 is 0 Å². The molecule has 39 heavy (non-hydrogen) atoms. The molecule has 4 aromatic carbocycles. The van der Waals surface area contributed by atoms with Gasteiger partial charge in [0.2, 0.25) is 0 Å². The maximum atomic E-state index is 10.6. The number of likely N-dealkylation sites (tertiary alicyclic amines) is 1. The molecule has 0 radical (unpaired) electrons. The largest absolute Gasteiger partial charge is 0.508 e. The number of hydrogen-bond acceptors (Lipinski definition) is 3. The molecule has 0 unspecified atom stereocenters. The lowest BCUT2D eigenvalue weighted by atomic mass is 9.70. The lowest BCUT2D eigenvalue weighted by Gasteiger charge is -2.39. The molecule has 5 rings (SSSR count). The first-order chi connectivity index (χ1) is 18.9. The predicted octanol–water partition coefficient (Wildman–Crippen LogP) is 7.99. The Morgan fingerprint density at radius 3 is 2.05 bits per heavy atom. The molecule has 4 aromatic rings. The third-order valence-corrected chi connectivity index (χ3v) is 8.63. The van der Waals surface area contributed by atoms with Crippen LogP contribution in [-0.2, 0) is 11.8 Å². The number of hydrogen-bond donors (Lipinski definition) is 1. The number of rotatable bonds is 9. The van der Waals surface area contributed by atoms with Gasteiger partial charge in [-0.25, -0.2) is 0 Å². The number of nitriles is 1. The van der Waals surface area contributed by atoms with Crippen molar-refractivity contribution in [1.29, 1.82) is 5.26 Å². The molecule has 0 aliphatic carbocycles. The summed E-state index contributed by atoms with van der Waals surface area (Å²) in [6.45, 7) is 6.86. The smallest absolute Gasteiger partial charge is 0.115 e. The van der Waals surface area contributed by atoms with Crippen LogP contribution in [0.25, 0.3) is 11.1 Å². The van der Waals surface area contributed by atoms with Gasteiger partial charge in [0.1, 0.15) is 11.2 Å². The molecule has 0 saturated carbocycles. The summed E-state index contributed by atoms with van der Waals surface area (Å²) < 4.78 is 0. The van der Waals surface area contributed by atoms with Gasteiger partial charge in [-0.3, -0.25) is 4.90 Å². The zero-order valence-corrected chi connectivity index (χ0v) is 23.1. The van der Waals surface area contributed by atoms with Gasteiger partial charge in [-0.1, -0.05) is 97.1 Å².